The highest BCUT2D eigenvalue weighted by molar-refractivity contribution is 7.00. The van der Waals surface area contributed by atoms with E-state index in [9.17, 15) is 4.79 Å². The fourth-order valence-corrected chi connectivity index (χ4v) is 4.41. The Bertz CT molecular complexity index is 929. The molecule has 4 nitrogen and oxygen atoms in total. The van der Waals surface area contributed by atoms with Crippen LogP contribution in [0.25, 0.3) is 11.0 Å². The Hall–Kier alpha value is -1.98. The zero-order valence-corrected chi connectivity index (χ0v) is 15.5. The molecule has 0 saturated heterocycles. The second kappa shape index (κ2) is 6.39. The first-order valence-corrected chi connectivity index (χ1v) is 9.50. The minimum Gasteiger partial charge on any atom is -0.323 e. The first-order valence-electron chi connectivity index (χ1n) is 8.39. The zero-order chi connectivity index (χ0) is 17.4. The molecule has 128 valence electrons. The summed E-state index contributed by atoms with van der Waals surface area (Å²) in [5.74, 6) is 0.0379. The molecule has 4 rings (SSSR count). The van der Waals surface area contributed by atoms with E-state index in [4.69, 9.17) is 11.6 Å². The predicted octanol–water partition coefficient (Wildman–Crippen LogP) is 5.10. The number of rotatable bonds is 3. The van der Waals surface area contributed by atoms with Gasteiger partial charge in [-0.05, 0) is 49.1 Å². The van der Waals surface area contributed by atoms with Crippen molar-refractivity contribution in [3.63, 3.8) is 0 Å². The van der Waals surface area contributed by atoms with Crippen LogP contribution in [0.1, 0.15) is 36.8 Å². The van der Waals surface area contributed by atoms with E-state index >= 15 is 0 Å². The molecule has 0 unspecified atom stereocenters. The Morgan fingerprint density at radius 1 is 1.12 bits per heavy atom. The third kappa shape index (κ3) is 2.81. The fourth-order valence-electron chi connectivity index (χ4n) is 3.74. The van der Waals surface area contributed by atoms with Gasteiger partial charge in [0, 0.05) is 5.02 Å². The van der Waals surface area contributed by atoms with Crippen molar-refractivity contribution >= 4 is 46.0 Å². The maximum Gasteiger partial charge on any atom is 0.235 e. The van der Waals surface area contributed by atoms with E-state index in [0.717, 1.165) is 53.5 Å². The molecule has 1 amide bonds. The van der Waals surface area contributed by atoms with Gasteiger partial charge >= 0.3 is 0 Å². The number of aryl methyl sites for hydroxylation is 1. The van der Waals surface area contributed by atoms with Crippen molar-refractivity contribution in [3.8, 4) is 0 Å². The van der Waals surface area contributed by atoms with Crippen LogP contribution in [0.15, 0.2) is 36.4 Å². The van der Waals surface area contributed by atoms with E-state index in [0.29, 0.717) is 5.02 Å². The van der Waals surface area contributed by atoms with Gasteiger partial charge in [0.1, 0.15) is 11.0 Å². The van der Waals surface area contributed by atoms with Gasteiger partial charge in [-0.15, -0.1) is 0 Å². The van der Waals surface area contributed by atoms with Gasteiger partial charge in [0.05, 0.1) is 22.8 Å². The summed E-state index contributed by atoms with van der Waals surface area (Å²) in [7, 11) is 0. The summed E-state index contributed by atoms with van der Waals surface area (Å²) in [4.78, 5) is 13.4. The number of benzene rings is 2. The van der Waals surface area contributed by atoms with Crippen molar-refractivity contribution in [1.82, 2.24) is 8.75 Å². The predicted molar refractivity (Wildman–Crippen MR) is 102 cm³/mol. The molecule has 0 aliphatic heterocycles. The van der Waals surface area contributed by atoms with Crippen LogP contribution in [0.5, 0.6) is 0 Å². The molecule has 1 saturated carbocycles. The van der Waals surface area contributed by atoms with E-state index in [1.165, 1.54) is 11.7 Å². The molecule has 2 aromatic carbocycles. The molecule has 0 atom stereocenters. The lowest BCUT2D eigenvalue weighted by Gasteiger charge is -2.28. The van der Waals surface area contributed by atoms with Crippen molar-refractivity contribution in [2.75, 3.05) is 5.32 Å². The average Bonchev–Trinajstić information content (AvgIpc) is 3.28. The summed E-state index contributed by atoms with van der Waals surface area (Å²) in [6.45, 7) is 1.98. The van der Waals surface area contributed by atoms with Crippen LogP contribution in [0, 0.1) is 6.92 Å². The zero-order valence-electron chi connectivity index (χ0n) is 13.9. The van der Waals surface area contributed by atoms with Gasteiger partial charge < -0.3 is 5.32 Å². The monoisotopic (exact) mass is 371 g/mol. The number of hydrogen-bond acceptors (Lipinski definition) is 4. The first kappa shape index (κ1) is 16.5. The molecule has 1 heterocycles. The number of anilines is 1. The lowest BCUT2D eigenvalue weighted by atomic mass is 9.78. The smallest absolute Gasteiger partial charge is 0.235 e. The van der Waals surface area contributed by atoms with Crippen LogP contribution in [0.4, 0.5) is 5.69 Å². The summed E-state index contributed by atoms with van der Waals surface area (Å²) in [6.07, 6.45) is 3.81. The molecule has 3 aromatic rings. The summed E-state index contributed by atoms with van der Waals surface area (Å²) in [5.41, 5.74) is 3.89. The van der Waals surface area contributed by atoms with Crippen molar-refractivity contribution < 1.29 is 4.79 Å². The number of halogens is 1. The van der Waals surface area contributed by atoms with E-state index in [1.54, 1.807) is 0 Å². The van der Waals surface area contributed by atoms with Crippen LogP contribution in [-0.2, 0) is 10.2 Å². The second-order valence-electron chi connectivity index (χ2n) is 6.64. The van der Waals surface area contributed by atoms with Crippen LogP contribution < -0.4 is 5.32 Å². The number of carbonyl (C=O) groups excluding carboxylic acids is 1. The van der Waals surface area contributed by atoms with E-state index in [2.05, 4.69) is 14.1 Å². The third-order valence-electron chi connectivity index (χ3n) is 5.16. The molecule has 1 aliphatic rings. The van der Waals surface area contributed by atoms with Gasteiger partial charge in [-0.1, -0.05) is 42.6 Å². The Morgan fingerprint density at radius 2 is 1.84 bits per heavy atom. The number of carbonyl (C=O) groups is 1. The van der Waals surface area contributed by atoms with Gasteiger partial charge in [-0.2, -0.15) is 8.75 Å². The van der Waals surface area contributed by atoms with Gasteiger partial charge in [0.25, 0.3) is 0 Å². The van der Waals surface area contributed by atoms with Crippen molar-refractivity contribution in [2.45, 2.75) is 38.0 Å². The Balaban J connectivity index is 1.73. The van der Waals surface area contributed by atoms with Crippen LogP contribution >= 0.6 is 23.3 Å². The minimum absolute atomic E-state index is 0.0379. The molecule has 1 aliphatic carbocycles. The van der Waals surface area contributed by atoms with Gasteiger partial charge in [-0.3, -0.25) is 4.79 Å². The lowest BCUT2D eigenvalue weighted by molar-refractivity contribution is -0.121. The molecule has 1 fully saturated rings. The maximum atomic E-state index is 13.4. The SMILES string of the molecule is Cc1ccc2nsnc2c1NC(=O)C1(c2ccc(Cl)cc2)CCCC1. The van der Waals surface area contributed by atoms with Crippen LogP contribution in [0.2, 0.25) is 5.02 Å². The molecule has 0 radical (unpaired) electrons. The summed E-state index contributed by atoms with van der Waals surface area (Å²) in [6, 6.07) is 11.6. The third-order valence-corrected chi connectivity index (χ3v) is 5.96. The molecule has 1 aromatic heterocycles. The topological polar surface area (TPSA) is 54.9 Å². The number of nitrogens with one attached hydrogen (secondary N) is 1. The summed E-state index contributed by atoms with van der Waals surface area (Å²) >= 11 is 7.20. The van der Waals surface area contributed by atoms with Crippen molar-refractivity contribution in [1.29, 1.82) is 0 Å². The highest BCUT2D eigenvalue weighted by atomic mass is 35.5. The van der Waals surface area contributed by atoms with E-state index < -0.39 is 5.41 Å². The number of nitrogens with zero attached hydrogens (tertiary/aromatic N) is 2. The van der Waals surface area contributed by atoms with Gasteiger partial charge in [0.15, 0.2) is 0 Å². The minimum atomic E-state index is -0.497. The molecule has 25 heavy (non-hydrogen) atoms. The normalized spacial score (nSPS) is 16.2. The largest absolute Gasteiger partial charge is 0.323 e. The highest BCUT2D eigenvalue weighted by Gasteiger charge is 2.43. The Kier molecular flexibility index (Phi) is 4.21. The fraction of sp³-hybridized carbons (Fsp3) is 0.316. The standard InChI is InChI=1S/C19H18ClN3OS/c1-12-4-9-15-17(23-25-22-15)16(12)21-18(24)19(10-2-3-11-19)13-5-7-14(20)8-6-13/h4-9H,2-3,10-11H2,1H3,(H,21,24). The molecule has 0 spiro atoms. The average molecular weight is 372 g/mol. The van der Waals surface area contributed by atoms with Crippen molar-refractivity contribution in [2.24, 2.45) is 0 Å². The maximum absolute atomic E-state index is 13.4. The van der Waals surface area contributed by atoms with E-state index in [1.807, 2.05) is 43.3 Å². The molecule has 1 N–H and O–H groups in total. The Labute approximate surface area is 155 Å². The summed E-state index contributed by atoms with van der Waals surface area (Å²) in [5, 5.41) is 3.85. The lowest BCUT2D eigenvalue weighted by Crippen LogP contribution is -2.38. The quantitative estimate of drug-likeness (QED) is 0.696. The van der Waals surface area contributed by atoms with E-state index in [-0.39, 0.29) is 5.91 Å². The number of amides is 1. The molecule has 0 bridgehead atoms. The molecular formula is C19H18ClN3OS. The Morgan fingerprint density at radius 3 is 2.56 bits per heavy atom. The number of aromatic nitrogens is 2. The molecular weight excluding hydrogens is 354 g/mol. The van der Waals surface area contributed by atoms with Crippen molar-refractivity contribution in [3.05, 3.63) is 52.5 Å². The number of fused-ring (bicyclic) bond motifs is 1. The van der Waals surface area contributed by atoms with Gasteiger partial charge in [-0.25, -0.2) is 0 Å². The summed E-state index contributed by atoms with van der Waals surface area (Å²) < 4.78 is 8.64. The van der Waals surface area contributed by atoms with Gasteiger partial charge in [0.2, 0.25) is 5.91 Å². The number of hydrogen-bond donors (Lipinski definition) is 1. The highest BCUT2D eigenvalue weighted by Crippen LogP contribution is 2.43. The second-order valence-corrected chi connectivity index (χ2v) is 7.60. The molecule has 6 heteroatoms. The first-order chi connectivity index (χ1) is 12.1. The van der Waals surface area contributed by atoms with Crippen LogP contribution in [-0.4, -0.2) is 14.7 Å². The van der Waals surface area contributed by atoms with Crippen LogP contribution in [0.3, 0.4) is 0 Å².